The normalized spacial score (nSPS) is 14.3. The predicted octanol–water partition coefficient (Wildman–Crippen LogP) is 6.97. The maximum atomic E-state index is 12.2. The summed E-state index contributed by atoms with van der Waals surface area (Å²) in [6.45, 7) is 4.10. The summed E-state index contributed by atoms with van der Waals surface area (Å²) in [6.07, 6.45) is 26.5. The third-order valence-corrected chi connectivity index (χ3v) is 6.88. The fourth-order valence-corrected chi connectivity index (χ4v) is 4.42. The fourth-order valence-electron chi connectivity index (χ4n) is 4.42. The van der Waals surface area contributed by atoms with Gasteiger partial charge in [-0.1, -0.05) is 142 Å². The number of nitrogens with one attached hydrogen (secondary N) is 1. The number of carbonyl (C=O) groups excluding carboxylic acids is 1. The van der Waals surface area contributed by atoms with Gasteiger partial charge in [0.15, 0.2) is 0 Å². The molecule has 208 valence electrons. The van der Waals surface area contributed by atoms with Gasteiger partial charge in [0.05, 0.1) is 18.8 Å². The first-order valence-corrected chi connectivity index (χ1v) is 15.0. The zero-order valence-electron chi connectivity index (χ0n) is 23.2. The first-order chi connectivity index (χ1) is 17.1. The fraction of sp³-hybridized carbons (Fsp3) is 0.900. The zero-order chi connectivity index (χ0) is 26.0. The van der Waals surface area contributed by atoms with Gasteiger partial charge in [0, 0.05) is 0 Å². The standard InChI is InChI=1S/C30H59NO4/c1-3-5-7-9-11-13-14-15-16-17-19-20-22-24-28(33)27(26-32)31-30(35)29(34)25-23-21-18-12-10-8-6-4-2/h22,24,27-29,32-34H,3-21,23,25-26H2,1-2H3,(H,31,35)/b24-22+/t27-,28+,29-/m0/s1. The summed E-state index contributed by atoms with van der Waals surface area (Å²) in [7, 11) is 0. The highest BCUT2D eigenvalue weighted by Crippen LogP contribution is 2.13. The Bertz CT molecular complexity index is 483. The van der Waals surface area contributed by atoms with E-state index in [9.17, 15) is 20.1 Å². The molecule has 3 atom stereocenters. The highest BCUT2D eigenvalue weighted by Gasteiger charge is 2.22. The predicted molar refractivity (Wildman–Crippen MR) is 148 cm³/mol. The molecule has 4 N–H and O–H groups in total. The lowest BCUT2D eigenvalue weighted by Gasteiger charge is -2.21. The van der Waals surface area contributed by atoms with Gasteiger partial charge in [0.1, 0.15) is 6.10 Å². The number of hydrogen-bond acceptors (Lipinski definition) is 4. The van der Waals surface area contributed by atoms with E-state index in [0.29, 0.717) is 6.42 Å². The van der Waals surface area contributed by atoms with Crippen LogP contribution in [-0.4, -0.2) is 46.1 Å². The summed E-state index contributed by atoms with van der Waals surface area (Å²) in [5.74, 6) is -0.509. The summed E-state index contributed by atoms with van der Waals surface area (Å²) in [5.41, 5.74) is 0. The average molecular weight is 498 g/mol. The molecule has 0 aromatic carbocycles. The van der Waals surface area contributed by atoms with Crippen molar-refractivity contribution >= 4 is 5.91 Å². The summed E-state index contributed by atoms with van der Waals surface area (Å²) in [4.78, 5) is 12.2. The highest BCUT2D eigenvalue weighted by molar-refractivity contribution is 5.80. The largest absolute Gasteiger partial charge is 0.394 e. The van der Waals surface area contributed by atoms with Crippen molar-refractivity contribution in [1.29, 1.82) is 0 Å². The Balaban J connectivity index is 3.83. The Morgan fingerprint density at radius 2 is 1.11 bits per heavy atom. The van der Waals surface area contributed by atoms with Crippen LogP contribution in [0, 0.1) is 0 Å². The lowest BCUT2D eigenvalue weighted by molar-refractivity contribution is -0.131. The molecule has 0 fully saturated rings. The third-order valence-electron chi connectivity index (χ3n) is 6.88. The number of hydrogen-bond donors (Lipinski definition) is 4. The van der Waals surface area contributed by atoms with E-state index in [2.05, 4.69) is 19.2 Å². The van der Waals surface area contributed by atoms with Gasteiger partial charge in [-0.05, 0) is 19.3 Å². The van der Waals surface area contributed by atoms with Crippen molar-refractivity contribution < 1.29 is 20.1 Å². The van der Waals surface area contributed by atoms with Gasteiger partial charge in [-0.25, -0.2) is 0 Å². The lowest BCUT2D eigenvalue weighted by Crippen LogP contribution is -2.48. The van der Waals surface area contributed by atoms with Gasteiger partial charge in [-0.15, -0.1) is 0 Å². The molecular weight excluding hydrogens is 438 g/mol. The van der Waals surface area contributed by atoms with Gasteiger partial charge in [-0.3, -0.25) is 4.79 Å². The van der Waals surface area contributed by atoms with Crippen LogP contribution in [-0.2, 0) is 4.79 Å². The average Bonchev–Trinajstić information content (AvgIpc) is 2.86. The minimum absolute atomic E-state index is 0.361. The van der Waals surface area contributed by atoms with Crippen LogP contribution in [0.25, 0.3) is 0 Å². The van der Waals surface area contributed by atoms with Crippen molar-refractivity contribution in [3.05, 3.63) is 12.2 Å². The Labute approximate surface area is 217 Å². The van der Waals surface area contributed by atoms with Crippen molar-refractivity contribution in [2.45, 2.75) is 167 Å². The Hall–Kier alpha value is -0.910. The number of rotatable bonds is 26. The number of carbonyl (C=O) groups is 1. The van der Waals surface area contributed by atoms with Crippen LogP contribution in [0.2, 0.25) is 0 Å². The highest BCUT2D eigenvalue weighted by atomic mass is 16.3. The number of unbranched alkanes of at least 4 members (excludes halogenated alkanes) is 18. The number of allylic oxidation sites excluding steroid dienone is 1. The van der Waals surface area contributed by atoms with E-state index in [4.69, 9.17) is 0 Å². The molecule has 0 spiro atoms. The monoisotopic (exact) mass is 497 g/mol. The second kappa shape index (κ2) is 26.2. The van der Waals surface area contributed by atoms with Crippen molar-refractivity contribution in [3.8, 4) is 0 Å². The smallest absolute Gasteiger partial charge is 0.249 e. The number of amides is 1. The van der Waals surface area contributed by atoms with Crippen molar-refractivity contribution in [3.63, 3.8) is 0 Å². The van der Waals surface area contributed by atoms with E-state index in [1.54, 1.807) is 6.08 Å². The van der Waals surface area contributed by atoms with E-state index in [1.165, 1.54) is 96.3 Å². The van der Waals surface area contributed by atoms with Crippen molar-refractivity contribution in [2.75, 3.05) is 6.61 Å². The molecule has 0 unspecified atom stereocenters. The molecule has 0 saturated carbocycles. The van der Waals surface area contributed by atoms with Crippen LogP contribution in [0.5, 0.6) is 0 Å². The van der Waals surface area contributed by atoms with Crippen LogP contribution in [0.1, 0.15) is 149 Å². The molecule has 0 saturated heterocycles. The molecule has 1 amide bonds. The molecule has 0 bridgehead atoms. The lowest BCUT2D eigenvalue weighted by atomic mass is 10.0. The molecule has 5 heteroatoms. The van der Waals surface area contributed by atoms with Crippen LogP contribution < -0.4 is 5.32 Å². The van der Waals surface area contributed by atoms with E-state index in [1.807, 2.05) is 6.08 Å². The first kappa shape index (κ1) is 34.1. The van der Waals surface area contributed by atoms with E-state index in [0.717, 1.165) is 32.1 Å². The van der Waals surface area contributed by atoms with Gasteiger partial charge >= 0.3 is 0 Å². The molecular formula is C30H59NO4. The molecule has 0 rings (SSSR count). The third kappa shape index (κ3) is 22.0. The van der Waals surface area contributed by atoms with Crippen molar-refractivity contribution in [2.24, 2.45) is 0 Å². The summed E-state index contributed by atoms with van der Waals surface area (Å²) in [6, 6.07) is -0.788. The molecule has 0 aliphatic heterocycles. The summed E-state index contributed by atoms with van der Waals surface area (Å²) in [5, 5.41) is 32.6. The SMILES string of the molecule is CCCCCCCCCCCCC/C=C/[C@@H](O)[C@H](CO)NC(=O)[C@@H](O)CCCCCCCCCC. The zero-order valence-corrected chi connectivity index (χ0v) is 23.2. The van der Waals surface area contributed by atoms with Gasteiger partial charge < -0.3 is 20.6 Å². The minimum Gasteiger partial charge on any atom is -0.394 e. The van der Waals surface area contributed by atoms with Gasteiger partial charge in [0.2, 0.25) is 5.91 Å². The van der Waals surface area contributed by atoms with Crippen molar-refractivity contribution in [1.82, 2.24) is 5.32 Å². The second-order valence-corrected chi connectivity index (χ2v) is 10.3. The molecule has 0 aliphatic rings. The topological polar surface area (TPSA) is 89.8 Å². The minimum atomic E-state index is -1.09. The maximum Gasteiger partial charge on any atom is 0.249 e. The Kier molecular flexibility index (Phi) is 25.5. The summed E-state index contributed by atoms with van der Waals surface area (Å²) < 4.78 is 0. The number of aliphatic hydroxyl groups excluding tert-OH is 3. The first-order valence-electron chi connectivity index (χ1n) is 15.0. The van der Waals surface area contributed by atoms with Crippen LogP contribution in [0.4, 0.5) is 0 Å². The van der Waals surface area contributed by atoms with Gasteiger partial charge in [0.25, 0.3) is 0 Å². The van der Waals surface area contributed by atoms with E-state index in [-0.39, 0.29) is 6.61 Å². The van der Waals surface area contributed by atoms with Crippen LogP contribution in [0.15, 0.2) is 12.2 Å². The molecule has 0 radical (unpaired) electrons. The Morgan fingerprint density at radius 3 is 1.57 bits per heavy atom. The Morgan fingerprint density at radius 1 is 0.686 bits per heavy atom. The quantitative estimate of drug-likeness (QED) is 0.0767. The molecule has 0 aromatic heterocycles. The molecule has 0 aromatic rings. The molecule has 0 aliphatic carbocycles. The molecule has 0 heterocycles. The second-order valence-electron chi connectivity index (χ2n) is 10.3. The summed E-state index contributed by atoms with van der Waals surface area (Å²) >= 11 is 0. The molecule has 35 heavy (non-hydrogen) atoms. The van der Waals surface area contributed by atoms with E-state index >= 15 is 0 Å². The van der Waals surface area contributed by atoms with Crippen LogP contribution >= 0.6 is 0 Å². The maximum absolute atomic E-state index is 12.2. The van der Waals surface area contributed by atoms with Crippen LogP contribution in [0.3, 0.4) is 0 Å². The number of aliphatic hydroxyl groups is 3. The van der Waals surface area contributed by atoms with E-state index < -0.39 is 24.2 Å². The molecule has 5 nitrogen and oxygen atoms in total. The van der Waals surface area contributed by atoms with Gasteiger partial charge in [-0.2, -0.15) is 0 Å².